The second-order valence-corrected chi connectivity index (χ2v) is 7.74. The molecule has 172 valence electrons. The van der Waals surface area contributed by atoms with E-state index in [4.69, 9.17) is 21.1 Å². The standard InChI is InChI=1S/C22H26ClN3O6/c1-14(2)24-22(28)15(3)25(12-16-7-5-6-8-18(16)23)21(27)13-32-17-9-10-19(26(29)30)20(11-17)31-4/h5-11,14-15H,12-13H2,1-4H3,(H,24,28)/t15-/m1/s1. The van der Waals surface area contributed by atoms with Crippen LogP contribution in [-0.4, -0.2) is 47.4 Å². The Bertz CT molecular complexity index is 982. The average molecular weight is 464 g/mol. The van der Waals surface area contributed by atoms with Crippen molar-refractivity contribution in [3.05, 3.63) is 63.2 Å². The SMILES string of the molecule is COc1cc(OCC(=O)N(Cc2ccccc2Cl)[C@H](C)C(=O)NC(C)C)ccc1[N+](=O)[O-]. The molecule has 10 heteroatoms. The zero-order valence-corrected chi connectivity index (χ0v) is 19.1. The minimum atomic E-state index is -0.781. The number of nitrogens with one attached hydrogen (secondary N) is 1. The van der Waals surface area contributed by atoms with Gasteiger partial charge in [-0.1, -0.05) is 29.8 Å². The van der Waals surface area contributed by atoms with Gasteiger partial charge in [0, 0.05) is 29.7 Å². The lowest BCUT2D eigenvalue weighted by Crippen LogP contribution is -2.50. The van der Waals surface area contributed by atoms with Gasteiger partial charge in [-0.15, -0.1) is 0 Å². The predicted octanol–water partition coefficient (Wildman–Crippen LogP) is 3.58. The minimum absolute atomic E-state index is 0.0116. The summed E-state index contributed by atoms with van der Waals surface area (Å²) < 4.78 is 10.6. The Morgan fingerprint density at radius 2 is 1.88 bits per heavy atom. The van der Waals surface area contributed by atoms with Crippen LogP contribution in [0.25, 0.3) is 0 Å². The third kappa shape index (κ3) is 6.58. The maximum atomic E-state index is 13.0. The summed E-state index contributed by atoms with van der Waals surface area (Å²) in [6, 6.07) is 10.1. The molecule has 2 amide bonds. The van der Waals surface area contributed by atoms with Crippen LogP contribution in [-0.2, 0) is 16.1 Å². The Hall–Kier alpha value is -3.33. The molecule has 2 aromatic carbocycles. The molecule has 9 nitrogen and oxygen atoms in total. The molecule has 0 bridgehead atoms. The highest BCUT2D eigenvalue weighted by Gasteiger charge is 2.27. The molecule has 0 spiro atoms. The first-order valence-corrected chi connectivity index (χ1v) is 10.3. The molecule has 0 radical (unpaired) electrons. The third-order valence-electron chi connectivity index (χ3n) is 4.61. The fourth-order valence-electron chi connectivity index (χ4n) is 2.92. The number of nitro benzene ring substituents is 1. The number of ether oxygens (including phenoxy) is 2. The number of benzene rings is 2. The quantitative estimate of drug-likeness (QED) is 0.426. The summed E-state index contributed by atoms with van der Waals surface area (Å²) in [5, 5.41) is 14.3. The number of hydrogen-bond donors (Lipinski definition) is 1. The second kappa shape index (κ2) is 11.3. The van der Waals surface area contributed by atoms with Gasteiger partial charge in [-0.25, -0.2) is 0 Å². The van der Waals surface area contributed by atoms with Crippen molar-refractivity contribution >= 4 is 29.1 Å². The van der Waals surface area contributed by atoms with Gasteiger partial charge in [0.25, 0.3) is 5.91 Å². The van der Waals surface area contributed by atoms with Crippen molar-refractivity contribution in [3.8, 4) is 11.5 Å². The molecule has 2 aromatic rings. The number of amides is 2. The van der Waals surface area contributed by atoms with Gasteiger partial charge >= 0.3 is 5.69 Å². The molecule has 0 aliphatic heterocycles. The van der Waals surface area contributed by atoms with Crippen LogP contribution in [0.4, 0.5) is 5.69 Å². The van der Waals surface area contributed by atoms with Gasteiger partial charge in [-0.3, -0.25) is 19.7 Å². The van der Waals surface area contributed by atoms with Crippen molar-refractivity contribution in [2.45, 2.75) is 39.4 Å². The lowest BCUT2D eigenvalue weighted by atomic mass is 10.1. The van der Waals surface area contributed by atoms with Crippen LogP contribution in [0.5, 0.6) is 11.5 Å². The predicted molar refractivity (Wildman–Crippen MR) is 120 cm³/mol. The van der Waals surface area contributed by atoms with Crippen LogP contribution in [0.3, 0.4) is 0 Å². The normalized spacial score (nSPS) is 11.6. The number of nitrogens with zero attached hydrogens (tertiary/aromatic N) is 2. The van der Waals surface area contributed by atoms with Crippen LogP contribution in [0.2, 0.25) is 5.02 Å². The fourth-order valence-corrected chi connectivity index (χ4v) is 3.12. The van der Waals surface area contributed by atoms with E-state index in [1.807, 2.05) is 13.8 Å². The molecule has 0 unspecified atom stereocenters. The van der Waals surface area contributed by atoms with Gasteiger partial charge in [-0.2, -0.15) is 0 Å². The number of carbonyl (C=O) groups excluding carboxylic acids is 2. The Labute approximate surface area is 191 Å². The smallest absolute Gasteiger partial charge is 0.311 e. The van der Waals surface area contributed by atoms with Gasteiger partial charge in [-0.05, 0) is 38.5 Å². The van der Waals surface area contributed by atoms with Gasteiger partial charge in [0.2, 0.25) is 11.7 Å². The molecule has 2 rings (SSSR count). The highest BCUT2D eigenvalue weighted by molar-refractivity contribution is 6.31. The van der Waals surface area contributed by atoms with E-state index in [1.54, 1.807) is 31.2 Å². The summed E-state index contributed by atoms with van der Waals surface area (Å²) in [6.45, 7) is 5.01. The van der Waals surface area contributed by atoms with Crippen molar-refractivity contribution in [3.63, 3.8) is 0 Å². The summed E-state index contributed by atoms with van der Waals surface area (Å²) in [5.74, 6) is -0.526. The largest absolute Gasteiger partial charge is 0.490 e. The highest BCUT2D eigenvalue weighted by Crippen LogP contribution is 2.30. The lowest BCUT2D eigenvalue weighted by Gasteiger charge is -2.29. The minimum Gasteiger partial charge on any atom is -0.490 e. The van der Waals surface area contributed by atoms with Crippen molar-refractivity contribution in [1.29, 1.82) is 0 Å². The lowest BCUT2D eigenvalue weighted by molar-refractivity contribution is -0.385. The first-order valence-electron chi connectivity index (χ1n) is 9.92. The summed E-state index contributed by atoms with van der Waals surface area (Å²) in [5.41, 5.74) is 0.467. The number of halogens is 1. The molecular formula is C22H26ClN3O6. The monoisotopic (exact) mass is 463 g/mol. The Morgan fingerprint density at radius 1 is 1.19 bits per heavy atom. The van der Waals surface area contributed by atoms with E-state index in [2.05, 4.69) is 5.32 Å². The Balaban J connectivity index is 2.21. The number of rotatable bonds is 10. The number of nitro groups is 1. The molecule has 0 saturated heterocycles. The zero-order valence-electron chi connectivity index (χ0n) is 18.3. The highest BCUT2D eigenvalue weighted by atomic mass is 35.5. The number of hydrogen-bond acceptors (Lipinski definition) is 6. The summed E-state index contributed by atoms with van der Waals surface area (Å²) >= 11 is 6.25. The molecule has 0 aromatic heterocycles. The van der Waals surface area contributed by atoms with Crippen molar-refractivity contribution in [2.24, 2.45) is 0 Å². The van der Waals surface area contributed by atoms with E-state index < -0.39 is 16.9 Å². The van der Waals surface area contributed by atoms with Crippen LogP contribution in [0.15, 0.2) is 42.5 Å². The average Bonchev–Trinajstić information content (AvgIpc) is 2.75. The molecule has 0 fully saturated rings. The van der Waals surface area contributed by atoms with Crippen LogP contribution < -0.4 is 14.8 Å². The molecular weight excluding hydrogens is 438 g/mol. The van der Waals surface area contributed by atoms with Gasteiger partial charge in [0.1, 0.15) is 11.8 Å². The van der Waals surface area contributed by atoms with Gasteiger partial charge < -0.3 is 19.7 Å². The molecule has 32 heavy (non-hydrogen) atoms. The van der Waals surface area contributed by atoms with Crippen LogP contribution >= 0.6 is 11.6 Å². The molecule has 0 saturated carbocycles. The van der Waals surface area contributed by atoms with Gasteiger partial charge in [0.05, 0.1) is 12.0 Å². The zero-order chi connectivity index (χ0) is 23.8. The van der Waals surface area contributed by atoms with Crippen molar-refractivity contribution < 1.29 is 24.0 Å². The van der Waals surface area contributed by atoms with Crippen LogP contribution in [0, 0.1) is 10.1 Å². The third-order valence-corrected chi connectivity index (χ3v) is 4.98. The first-order chi connectivity index (χ1) is 15.1. The summed E-state index contributed by atoms with van der Waals surface area (Å²) in [7, 11) is 1.30. The topological polar surface area (TPSA) is 111 Å². The van der Waals surface area contributed by atoms with E-state index in [1.165, 1.54) is 30.2 Å². The fraction of sp³-hybridized carbons (Fsp3) is 0.364. The Kier molecular flexibility index (Phi) is 8.83. The summed E-state index contributed by atoms with van der Waals surface area (Å²) in [6.07, 6.45) is 0. The molecule has 0 aliphatic rings. The van der Waals surface area contributed by atoms with E-state index in [-0.39, 0.29) is 42.3 Å². The Morgan fingerprint density at radius 3 is 2.47 bits per heavy atom. The first kappa shape index (κ1) is 24.9. The maximum Gasteiger partial charge on any atom is 0.311 e. The molecule has 0 heterocycles. The number of carbonyl (C=O) groups is 2. The maximum absolute atomic E-state index is 13.0. The van der Waals surface area contributed by atoms with E-state index in [9.17, 15) is 19.7 Å². The second-order valence-electron chi connectivity index (χ2n) is 7.33. The number of methoxy groups -OCH3 is 1. The summed E-state index contributed by atoms with van der Waals surface area (Å²) in [4.78, 5) is 37.4. The van der Waals surface area contributed by atoms with Crippen LogP contribution in [0.1, 0.15) is 26.3 Å². The molecule has 1 N–H and O–H groups in total. The van der Waals surface area contributed by atoms with Crippen molar-refractivity contribution in [1.82, 2.24) is 10.2 Å². The van der Waals surface area contributed by atoms with E-state index >= 15 is 0 Å². The molecule has 1 atom stereocenters. The molecule has 0 aliphatic carbocycles. The van der Waals surface area contributed by atoms with E-state index in [0.29, 0.717) is 10.6 Å². The van der Waals surface area contributed by atoms with E-state index in [0.717, 1.165) is 0 Å². The van der Waals surface area contributed by atoms with Gasteiger partial charge in [0.15, 0.2) is 6.61 Å². The van der Waals surface area contributed by atoms with Crippen molar-refractivity contribution in [2.75, 3.05) is 13.7 Å².